The van der Waals surface area contributed by atoms with Crippen LogP contribution in [0.2, 0.25) is 5.02 Å². The first-order valence-corrected chi connectivity index (χ1v) is 7.05. The zero-order valence-corrected chi connectivity index (χ0v) is 12.3. The molecule has 2 aromatic heterocycles. The normalized spacial score (nSPS) is 10.6. The first kappa shape index (κ1) is 14.3. The Kier molecular flexibility index (Phi) is 3.89. The number of nitrogens with one attached hydrogen (secondary N) is 1. The summed E-state index contributed by atoms with van der Waals surface area (Å²) in [7, 11) is 0. The highest BCUT2D eigenvalue weighted by Crippen LogP contribution is 2.22. The number of hydrogen-bond acceptors (Lipinski definition) is 4. The van der Waals surface area contributed by atoms with Crippen molar-refractivity contribution in [2.75, 3.05) is 5.32 Å². The maximum absolute atomic E-state index is 11.1. The summed E-state index contributed by atoms with van der Waals surface area (Å²) in [5.41, 5.74) is 7.44. The van der Waals surface area contributed by atoms with E-state index in [1.165, 1.54) is 12.3 Å². The quantitative estimate of drug-likeness (QED) is 0.776. The van der Waals surface area contributed by atoms with E-state index in [1.54, 1.807) is 6.20 Å². The van der Waals surface area contributed by atoms with Crippen LogP contribution in [0.4, 0.5) is 5.82 Å². The fourth-order valence-electron chi connectivity index (χ4n) is 2.19. The van der Waals surface area contributed by atoms with Gasteiger partial charge in [0.2, 0.25) is 5.91 Å². The Bertz CT molecular complexity index is 845. The molecule has 0 aliphatic carbocycles. The van der Waals surface area contributed by atoms with Crippen LogP contribution < -0.4 is 11.1 Å². The van der Waals surface area contributed by atoms with Gasteiger partial charge in [0, 0.05) is 24.3 Å². The van der Waals surface area contributed by atoms with Crippen LogP contribution >= 0.6 is 11.6 Å². The second-order valence-electron chi connectivity index (χ2n) is 4.76. The number of nitrogens with two attached hydrogens (primary N) is 1. The number of pyridine rings is 2. The predicted octanol–water partition coefficient (Wildman–Crippen LogP) is 2.99. The third kappa shape index (κ3) is 2.84. The predicted molar refractivity (Wildman–Crippen MR) is 86.8 cm³/mol. The number of primary amides is 1. The molecule has 0 fully saturated rings. The molecule has 3 N–H and O–H groups in total. The number of anilines is 1. The summed E-state index contributed by atoms with van der Waals surface area (Å²) >= 11 is 6.11. The van der Waals surface area contributed by atoms with Crippen molar-refractivity contribution in [1.82, 2.24) is 9.97 Å². The lowest BCUT2D eigenvalue weighted by atomic mass is 10.1. The van der Waals surface area contributed by atoms with Gasteiger partial charge in [0.1, 0.15) is 5.82 Å². The largest absolute Gasteiger partial charge is 0.366 e. The molecule has 5 nitrogen and oxygen atoms in total. The van der Waals surface area contributed by atoms with E-state index in [0.717, 1.165) is 16.5 Å². The van der Waals surface area contributed by atoms with Crippen LogP contribution in [0.25, 0.3) is 10.9 Å². The highest BCUT2D eigenvalue weighted by molar-refractivity contribution is 6.33. The van der Waals surface area contributed by atoms with E-state index in [-0.39, 0.29) is 5.56 Å². The Morgan fingerprint density at radius 3 is 2.82 bits per heavy atom. The Morgan fingerprint density at radius 2 is 2.05 bits per heavy atom. The number of halogens is 1. The molecule has 0 aliphatic rings. The summed E-state index contributed by atoms with van der Waals surface area (Å²) in [6.07, 6.45) is 3.16. The standard InChI is InChI=1S/C16H13ClN4O/c17-13-7-12(15(18)22)9-21-16(13)20-8-11-4-1-3-10-5-2-6-19-14(10)11/h1-7,9H,8H2,(H2,18,22)(H,20,21). The van der Waals surface area contributed by atoms with Crippen molar-refractivity contribution in [3.8, 4) is 0 Å². The Labute approximate surface area is 132 Å². The van der Waals surface area contributed by atoms with Gasteiger partial charge in [-0.05, 0) is 17.7 Å². The molecule has 0 spiro atoms. The van der Waals surface area contributed by atoms with Crippen molar-refractivity contribution in [3.05, 3.63) is 64.9 Å². The molecule has 0 saturated heterocycles. The zero-order valence-electron chi connectivity index (χ0n) is 11.6. The van der Waals surface area contributed by atoms with E-state index >= 15 is 0 Å². The SMILES string of the molecule is NC(=O)c1cnc(NCc2cccc3cccnc23)c(Cl)c1. The van der Waals surface area contributed by atoms with Gasteiger partial charge in [-0.2, -0.15) is 0 Å². The minimum atomic E-state index is -0.556. The van der Waals surface area contributed by atoms with Gasteiger partial charge < -0.3 is 11.1 Å². The van der Waals surface area contributed by atoms with E-state index in [0.29, 0.717) is 17.4 Å². The van der Waals surface area contributed by atoms with E-state index < -0.39 is 5.91 Å². The molecule has 3 aromatic rings. The van der Waals surface area contributed by atoms with Gasteiger partial charge in [0.15, 0.2) is 0 Å². The van der Waals surface area contributed by atoms with Crippen LogP contribution in [-0.4, -0.2) is 15.9 Å². The van der Waals surface area contributed by atoms with Gasteiger partial charge in [-0.25, -0.2) is 4.98 Å². The number of carbonyl (C=O) groups excluding carboxylic acids is 1. The topological polar surface area (TPSA) is 80.9 Å². The number of carbonyl (C=O) groups is 1. The molecule has 110 valence electrons. The summed E-state index contributed by atoms with van der Waals surface area (Å²) in [6.45, 7) is 0.525. The summed E-state index contributed by atoms with van der Waals surface area (Å²) in [6, 6.07) is 11.4. The van der Waals surface area contributed by atoms with Crippen molar-refractivity contribution < 1.29 is 4.79 Å². The molecule has 0 radical (unpaired) electrons. The van der Waals surface area contributed by atoms with Gasteiger partial charge in [0.05, 0.1) is 16.1 Å². The number of amides is 1. The first-order chi connectivity index (χ1) is 10.6. The number of para-hydroxylation sites is 1. The molecule has 1 aromatic carbocycles. The van der Waals surface area contributed by atoms with Gasteiger partial charge in [-0.15, -0.1) is 0 Å². The van der Waals surface area contributed by atoms with Crippen LogP contribution in [0.3, 0.4) is 0 Å². The lowest BCUT2D eigenvalue weighted by Crippen LogP contribution is -2.12. The molecule has 0 aliphatic heterocycles. The van der Waals surface area contributed by atoms with Crippen molar-refractivity contribution in [1.29, 1.82) is 0 Å². The molecule has 6 heteroatoms. The molecular weight excluding hydrogens is 300 g/mol. The van der Waals surface area contributed by atoms with Crippen LogP contribution in [0.1, 0.15) is 15.9 Å². The zero-order chi connectivity index (χ0) is 15.5. The van der Waals surface area contributed by atoms with Crippen LogP contribution in [0.15, 0.2) is 48.8 Å². The Morgan fingerprint density at radius 1 is 1.23 bits per heavy atom. The number of rotatable bonds is 4. The van der Waals surface area contributed by atoms with E-state index in [1.807, 2.05) is 30.3 Å². The van der Waals surface area contributed by atoms with Gasteiger partial charge in [0.25, 0.3) is 0 Å². The molecular formula is C16H13ClN4O. The maximum Gasteiger partial charge on any atom is 0.250 e. The summed E-state index contributed by atoms with van der Waals surface area (Å²) in [5.74, 6) is -0.0567. The van der Waals surface area contributed by atoms with Gasteiger partial charge in [-0.1, -0.05) is 35.9 Å². The summed E-state index contributed by atoms with van der Waals surface area (Å²) in [5, 5.41) is 4.58. The molecule has 1 amide bonds. The molecule has 0 unspecified atom stereocenters. The molecule has 3 rings (SSSR count). The highest BCUT2D eigenvalue weighted by atomic mass is 35.5. The second-order valence-corrected chi connectivity index (χ2v) is 5.17. The molecule has 0 atom stereocenters. The Hall–Kier alpha value is -2.66. The molecule has 0 saturated carbocycles. The average molecular weight is 313 g/mol. The third-order valence-corrected chi connectivity index (χ3v) is 3.58. The van der Waals surface area contributed by atoms with E-state index in [4.69, 9.17) is 17.3 Å². The number of hydrogen-bond donors (Lipinski definition) is 2. The minimum absolute atomic E-state index is 0.280. The first-order valence-electron chi connectivity index (χ1n) is 6.67. The van der Waals surface area contributed by atoms with Gasteiger partial charge >= 0.3 is 0 Å². The van der Waals surface area contributed by atoms with E-state index in [2.05, 4.69) is 15.3 Å². The van der Waals surface area contributed by atoms with Crippen LogP contribution in [0.5, 0.6) is 0 Å². The molecule has 2 heterocycles. The van der Waals surface area contributed by atoms with Crippen LogP contribution in [0, 0.1) is 0 Å². The van der Waals surface area contributed by atoms with Crippen molar-refractivity contribution in [2.45, 2.75) is 6.54 Å². The highest BCUT2D eigenvalue weighted by Gasteiger charge is 2.08. The molecule has 22 heavy (non-hydrogen) atoms. The number of nitrogens with zero attached hydrogens (tertiary/aromatic N) is 2. The monoisotopic (exact) mass is 312 g/mol. The lowest BCUT2D eigenvalue weighted by molar-refractivity contribution is 0.1000. The van der Waals surface area contributed by atoms with Crippen molar-refractivity contribution >= 4 is 34.2 Å². The van der Waals surface area contributed by atoms with E-state index in [9.17, 15) is 4.79 Å². The molecule has 0 bridgehead atoms. The number of aromatic nitrogens is 2. The van der Waals surface area contributed by atoms with Crippen molar-refractivity contribution in [2.24, 2.45) is 5.73 Å². The fraction of sp³-hybridized carbons (Fsp3) is 0.0625. The second kappa shape index (κ2) is 5.99. The minimum Gasteiger partial charge on any atom is -0.366 e. The number of benzene rings is 1. The average Bonchev–Trinajstić information content (AvgIpc) is 2.53. The van der Waals surface area contributed by atoms with Gasteiger partial charge in [-0.3, -0.25) is 9.78 Å². The maximum atomic E-state index is 11.1. The summed E-state index contributed by atoms with van der Waals surface area (Å²) < 4.78 is 0. The number of fused-ring (bicyclic) bond motifs is 1. The van der Waals surface area contributed by atoms with Crippen molar-refractivity contribution in [3.63, 3.8) is 0 Å². The Balaban J connectivity index is 1.84. The third-order valence-electron chi connectivity index (χ3n) is 3.29. The summed E-state index contributed by atoms with van der Waals surface area (Å²) in [4.78, 5) is 19.6. The smallest absolute Gasteiger partial charge is 0.250 e. The van der Waals surface area contributed by atoms with Crippen LogP contribution in [-0.2, 0) is 6.54 Å². The fourth-order valence-corrected chi connectivity index (χ4v) is 2.42. The lowest BCUT2D eigenvalue weighted by Gasteiger charge is -2.10.